The van der Waals surface area contributed by atoms with E-state index < -0.39 is 0 Å². The molecule has 0 aliphatic carbocycles. The Morgan fingerprint density at radius 2 is 2.28 bits per heavy atom. The van der Waals surface area contributed by atoms with Crippen molar-refractivity contribution in [1.82, 2.24) is 15.1 Å². The summed E-state index contributed by atoms with van der Waals surface area (Å²) >= 11 is 7.99. The molecule has 2 atom stereocenters. The van der Waals surface area contributed by atoms with Crippen LogP contribution in [-0.2, 0) is 0 Å². The van der Waals surface area contributed by atoms with Crippen LogP contribution in [-0.4, -0.2) is 56.6 Å². The van der Waals surface area contributed by atoms with Gasteiger partial charge in [0.25, 0.3) is 0 Å². The van der Waals surface area contributed by atoms with Gasteiger partial charge in [-0.15, -0.1) is 11.3 Å². The van der Waals surface area contributed by atoms with Crippen LogP contribution in [0.1, 0.15) is 17.3 Å². The average Bonchev–Trinajstić information content (AvgIpc) is 2.77. The van der Waals surface area contributed by atoms with Crippen molar-refractivity contribution in [2.45, 2.75) is 18.5 Å². The highest BCUT2D eigenvalue weighted by Crippen LogP contribution is 2.32. The van der Waals surface area contributed by atoms with E-state index in [9.17, 15) is 0 Å². The number of hydrogen-bond acceptors (Lipinski definition) is 4. The third-order valence-electron chi connectivity index (χ3n) is 3.80. The molecule has 1 fully saturated rings. The molecule has 0 bridgehead atoms. The topological polar surface area (TPSA) is 18.5 Å². The summed E-state index contributed by atoms with van der Waals surface area (Å²) in [4.78, 5) is 6.14. The van der Waals surface area contributed by atoms with Crippen molar-refractivity contribution < 1.29 is 0 Å². The molecule has 0 radical (unpaired) electrons. The highest BCUT2D eigenvalue weighted by molar-refractivity contribution is 7.10. The number of nitrogens with zero attached hydrogens (tertiary/aromatic N) is 2. The molecule has 1 N–H and O–H groups in total. The van der Waals surface area contributed by atoms with E-state index in [1.165, 1.54) is 4.88 Å². The van der Waals surface area contributed by atoms with Gasteiger partial charge in [-0.1, -0.05) is 11.6 Å². The zero-order valence-electron chi connectivity index (χ0n) is 11.3. The highest BCUT2D eigenvalue weighted by Gasteiger charge is 2.26. The fourth-order valence-electron chi connectivity index (χ4n) is 2.54. The molecule has 2 unspecified atom stereocenters. The molecule has 5 heteroatoms. The van der Waals surface area contributed by atoms with Crippen molar-refractivity contribution in [3.05, 3.63) is 21.3 Å². The predicted octanol–water partition coefficient (Wildman–Crippen LogP) is 2.30. The van der Waals surface area contributed by atoms with Gasteiger partial charge in [0.05, 0.1) is 5.02 Å². The maximum atomic E-state index is 6.24. The summed E-state index contributed by atoms with van der Waals surface area (Å²) in [5.74, 6) is 0. The monoisotopic (exact) mass is 287 g/mol. The first-order valence-electron chi connectivity index (χ1n) is 6.40. The quantitative estimate of drug-likeness (QED) is 0.917. The first kappa shape index (κ1) is 14.3. The fourth-order valence-corrected chi connectivity index (χ4v) is 3.85. The van der Waals surface area contributed by atoms with Crippen LogP contribution in [0.4, 0.5) is 0 Å². The Morgan fingerprint density at radius 3 is 2.89 bits per heavy atom. The Morgan fingerprint density at radius 1 is 1.50 bits per heavy atom. The highest BCUT2D eigenvalue weighted by atomic mass is 35.5. The van der Waals surface area contributed by atoms with E-state index in [0.29, 0.717) is 12.1 Å². The van der Waals surface area contributed by atoms with E-state index in [1.54, 1.807) is 11.3 Å². The van der Waals surface area contributed by atoms with Gasteiger partial charge in [0.2, 0.25) is 0 Å². The second-order valence-electron chi connectivity index (χ2n) is 5.11. The van der Waals surface area contributed by atoms with Gasteiger partial charge in [-0.2, -0.15) is 0 Å². The molecule has 0 saturated carbocycles. The van der Waals surface area contributed by atoms with Crippen molar-refractivity contribution >= 4 is 22.9 Å². The summed E-state index contributed by atoms with van der Waals surface area (Å²) in [7, 11) is 6.44. The first-order chi connectivity index (χ1) is 8.61. The maximum Gasteiger partial charge on any atom is 0.0561 e. The summed E-state index contributed by atoms with van der Waals surface area (Å²) in [6, 6.07) is 2.94. The molecule has 1 aromatic rings. The van der Waals surface area contributed by atoms with E-state index in [-0.39, 0.29) is 0 Å². The lowest BCUT2D eigenvalue weighted by molar-refractivity contribution is 0.102. The van der Waals surface area contributed by atoms with Crippen molar-refractivity contribution in [1.29, 1.82) is 0 Å². The van der Waals surface area contributed by atoms with Gasteiger partial charge >= 0.3 is 0 Å². The summed E-state index contributed by atoms with van der Waals surface area (Å²) < 4.78 is 0. The summed E-state index contributed by atoms with van der Waals surface area (Å²) in [5, 5.41) is 6.37. The number of rotatable bonds is 4. The Labute approximate surface area is 119 Å². The molecular weight excluding hydrogens is 266 g/mol. The van der Waals surface area contributed by atoms with E-state index in [4.69, 9.17) is 11.6 Å². The van der Waals surface area contributed by atoms with E-state index in [2.05, 4.69) is 34.6 Å². The van der Waals surface area contributed by atoms with Crippen molar-refractivity contribution in [3.8, 4) is 0 Å². The van der Waals surface area contributed by atoms with Crippen LogP contribution in [0.25, 0.3) is 0 Å². The number of halogens is 1. The third kappa shape index (κ3) is 3.25. The SMILES string of the molecule is CNC(CC1CN(C)CCN1C)c1sccc1Cl. The Balaban J connectivity index is 2.04. The van der Waals surface area contributed by atoms with Crippen LogP contribution in [0.5, 0.6) is 0 Å². The van der Waals surface area contributed by atoms with Gasteiger partial charge < -0.3 is 15.1 Å². The van der Waals surface area contributed by atoms with Crippen molar-refractivity contribution in [2.24, 2.45) is 0 Å². The Bertz CT molecular complexity index is 382. The van der Waals surface area contributed by atoms with Gasteiger partial charge in [-0.25, -0.2) is 0 Å². The second kappa shape index (κ2) is 6.35. The number of thiophene rings is 1. The van der Waals surface area contributed by atoms with Gasteiger partial charge in [0.1, 0.15) is 0 Å². The fraction of sp³-hybridized carbons (Fsp3) is 0.692. The van der Waals surface area contributed by atoms with Gasteiger partial charge in [-0.05, 0) is 39.0 Å². The summed E-state index contributed by atoms with van der Waals surface area (Å²) in [6.45, 7) is 3.45. The van der Waals surface area contributed by atoms with Crippen molar-refractivity contribution in [2.75, 3.05) is 40.8 Å². The van der Waals surface area contributed by atoms with Crippen LogP contribution in [0, 0.1) is 0 Å². The van der Waals surface area contributed by atoms with Crippen LogP contribution in [0.15, 0.2) is 11.4 Å². The predicted molar refractivity (Wildman–Crippen MR) is 79.7 cm³/mol. The molecule has 1 saturated heterocycles. The minimum absolute atomic E-state index is 0.358. The normalized spacial score (nSPS) is 24.3. The van der Waals surface area contributed by atoms with E-state index in [1.807, 2.05) is 13.1 Å². The molecule has 3 nitrogen and oxygen atoms in total. The maximum absolute atomic E-state index is 6.24. The van der Waals surface area contributed by atoms with Crippen LogP contribution >= 0.6 is 22.9 Å². The second-order valence-corrected chi connectivity index (χ2v) is 6.46. The summed E-state index contributed by atoms with van der Waals surface area (Å²) in [5.41, 5.74) is 0. The van der Waals surface area contributed by atoms with Crippen LogP contribution < -0.4 is 5.32 Å². The van der Waals surface area contributed by atoms with E-state index >= 15 is 0 Å². The Hall–Kier alpha value is -0.130. The molecular formula is C13H22ClN3S. The number of likely N-dealkylation sites (N-methyl/N-ethyl adjacent to an activating group) is 2. The number of piperazine rings is 1. The molecule has 102 valence electrons. The molecule has 1 aliphatic heterocycles. The molecule has 2 rings (SSSR count). The molecule has 18 heavy (non-hydrogen) atoms. The zero-order chi connectivity index (χ0) is 13.1. The first-order valence-corrected chi connectivity index (χ1v) is 7.66. The number of nitrogens with one attached hydrogen (secondary N) is 1. The average molecular weight is 288 g/mol. The van der Waals surface area contributed by atoms with Gasteiger partial charge in [0.15, 0.2) is 0 Å². The standard InChI is InChI=1S/C13H22ClN3S/c1-15-12(13-11(14)4-7-18-13)8-10-9-16(2)5-6-17(10)3/h4,7,10,12,15H,5-6,8-9H2,1-3H3. The lowest BCUT2D eigenvalue weighted by Gasteiger charge is -2.39. The van der Waals surface area contributed by atoms with Crippen molar-refractivity contribution in [3.63, 3.8) is 0 Å². The lowest BCUT2D eigenvalue weighted by atomic mass is 10.0. The largest absolute Gasteiger partial charge is 0.312 e. The lowest BCUT2D eigenvalue weighted by Crippen LogP contribution is -2.50. The van der Waals surface area contributed by atoms with Gasteiger partial charge in [-0.3, -0.25) is 0 Å². The smallest absolute Gasteiger partial charge is 0.0561 e. The van der Waals surface area contributed by atoms with Crippen LogP contribution in [0.2, 0.25) is 5.02 Å². The summed E-state index contributed by atoms with van der Waals surface area (Å²) in [6.07, 6.45) is 1.11. The number of hydrogen-bond donors (Lipinski definition) is 1. The van der Waals surface area contributed by atoms with Gasteiger partial charge in [0, 0.05) is 36.6 Å². The molecule has 0 spiro atoms. The molecule has 2 heterocycles. The third-order valence-corrected chi connectivity index (χ3v) is 5.27. The van der Waals surface area contributed by atoms with E-state index in [0.717, 1.165) is 31.1 Å². The zero-order valence-corrected chi connectivity index (χ0v) is 12.9. The Kier molecular flexibility index (Phi) is 5.04. The minimum Gasteiger partial charge on any atom is -0.312 e. The minimum atomic E-state index is 0.358. The molecule has 0 amide bonds. The molecule has 0 aromatic carbocycles. The van der Waals surface area contributed by atoms with Crippen LogP contribution in [0.3, 0.4) is 0 Å². The molecule has 1 aliphatic rings. The molecule has 1 aromatic heterocycles.